The SMILES string of the molecule is COC(=O)c1cccc(N2CCOC(CNC(=O)c3sc(-c4ccc(Cl)cc4)nc3C)C2)c1. The Morgan fingerprint density at radius 2 is 2.06 bits per heavy atom. The first-order chi connectivity index (χ1) is 15.9. The summed E-state index contributed by atoms with van der Waals surface area (Å²) in [6.07, 6.45) is -0.173. The Balaban J connectivity index is 1.38. The fourth-order valence-corrected chi connectivity index (χ4v) is 4.75. The van der Waals surface area contributed by atoms with Crippen molar-refractivity contribution in [2.45, 2.75) is 13.0 Å². The zero-order valence-electron chi connectivity index (χ0n) is 18.3. The second kappa shape index (κ2) is 10.3. The van der Waals surface area contributed by atoms with Gasteiger partial charge in [-0.1, -0.05) is 29.8 Å². The number of nitrogens with zero attached hydrogens (tertiary/aromatic N) is 2. The monoisotopic (exact) mass is 485 g/mol. The van der Waals surface area contributed by atoms with Crippen LogP contribution in [0.15, 0.2) is 48.5 Å². The minimum Gasteiger partial charge on any atom is -0.465 e. The summed E-state index contributed by atoms with van der Waals surface area (Å²) in [5.74, 6) is -0.537. The summed E-state index contributed by atoms with van der Waals surface area (Å²) in [5, 5.41) is 4.41. The van der Waals surface area contributed by atoms with Crippen LogP contribution in [0.25, 0.3) is 10.6 Å². The normalized spacial score (nSPS) is 15.8. The van der Waals surface area contributed by atoms with E-state index >= 15 is 0 Å². The number of benzene rings is 2. The van der Waals surface area contributed by atoms with E-state index in [1.807, 2.05) is 37.3 Å². The number of esters is 1. The molecule has 2 aromatic carbocycles. The summed E-state index contributed by atoms with van der Waals surface area (Å²) in [7, 11) is 1.37. The molecule has 0 radical (unpaired) electrons. The van der Waals surface area contributed by atoms with Crippen LogP contribution >= 0.6 is 22.9 Å². The van der Waals surface area contributed by atoms with Crippen molar-refractivity contribution in [3.63, 3.8) is 0 Å². The van der Waals surface area contributed by atoms with Crippen LogP contribution in [0.1, 0.15) is 25.7 Å². The minimum absolute atomic E-state index is 0.168. The predicted molar refractivity (Wildman–Crippen MR) is 129 cm³/mol. The molecule has 3 aromatic rings. The van der Waals surface area contributed by atoms with Gasteiger partial charge in [-0.25, -0.2) is 9.78 Å². The number of halogens is 1. The maximum Gasteiger partial charge on any atom is 0.337 e. The number of morpholine rings is 1. The molecule has 0 spiro atoms. The van der Waals surface area contributed by atoms with Crippen molar-refractivity contribution in [2.24, 2.45) is 0 Å². The first kappa shape index (κ1) is 23.2. The van der Waals surface area contributed by atoms with Crippen molar-refractivity contribution in [3.8, 4) is 10.6 Å². The molecule has 172 valence electrons. The molecule has 0 bridgehead atoms. The molecular weight excluding hydrogens is 462 g/mol. The lowest BCUT2D eigenvalue weighted by Crippen LogP contribution is -2.47. The number of nitrogens with one attached hydrogen (secondary N) is 1. The molecule has 0 saturated carbocycles. The molecule has 1 aliphatic rings. The minimum atomic E-state index is -0.369. The van der Waals surface area contributed by atoms with Crippen LogP contribution in [0.3, 0.4) is 0 Å². The van der Waals surface area contributed by atoms with E-state index in [0.717, 1.165) is 16.3 Å². The number of carbonyl (C=O) groups excluding carboxylic acids is 2. The molecule has 0 aliphatic carbocycles. The standard InChI is InChI=1S/C24H24ClN3O4S/c1-15-21(33-23(27-15)16-6-8-18(25)9-7-16)22(29)26-13-20-14-28(10-11-32-20)19-5-3-4-17(12-19)24(30)31-2/h3-9,12,20H,10-11,13-14H2,1-2H3,(H,26,29). The van der Waals surface area contributed by atoms with Crippen molar-refractivity contribution in [1.82, 2.24) is 10.3 Å². The third kappa shape index (κ3) is 5.52. The van der Waals surface area contributed by atoms with E-state index in [-0.39, 0.29) is 18.0 Å². The molecule has 9 heteroatoms. The van der Waals surface area contributed by atoms with Crippen LogP contribution in [0, 0.1) is 6.92 Å². The van der Waals surface area contributed by atoms with Crippen LogP contribution in [0.5, 0.6) is 0 Å². The molecule has 1 aliphatic heterocycles. The Morgan fingerprint density at radius 1 is 1.27 bits per heavy atom. The Morgan fingerprint density at radius 3 is 2.82 bits per heavy atom. The molecule has 33 heavy (non-hydrogen) atoms. The number of methoxy groups -OCH3 is 1. The highest BCUT2D eigenvalue weighted by Crippen LogP contribution is 2.29. The Bertz CT molecular complexity index is 1150. The fraction of sp³-hybridized carbons (Fsp3) is 0.292. The lowest BCUT2D eigenvalue weighted by molar-refractivity contribution is 0.0397. The first-order valence-electron chi connectivity index (χ1n) is 10.5. The highest BCUT2D eigenvalue weighted by Gasteiger charge is 2.23. The number of amides is 1. The van der Waals surface area contributed by atoms with E-state index in [2.05, 4.69) is 15.2 Å². The number of hydrogen-bond acceptors (Lipinski definition) is 7. The summed E-state index contributed by atoms with van der Waals surface area (Å²) >= 11 is 7.32. The van der Waals surface area contributed by atoms with Crippen LogP contribution in [-0.4, -0.2) is 56.3 Å². The van der Waals surface area contributed by atoms with Crippen molar-refractivity contribution in [2.75, 3.05) is 38.3 Å². The van der Waals surface area contributed by atoms with Gasteiger partial charge < -0.3 is 19.7 Å². The second-order valence-electron chi connectivity index (χ2n) is 7.63. The second-order valence-corrected chi connectivity index (χ2v) is 9.07. The van der Waals surface area contributed by atoms with Gasteiger partial charge in [0.1, 0.15) is 9.88 Å². The summed E-state index contributed by atoms with van der Waals surface area (Å²) in [5.41, 5.74) is 3.03. The van der Waals surface area contributed by atoms with Gasteiger partial charge in [0.2, 0.25) is 0 Å². The molecule has 1 fully saturated rings. The summed E-state index contributed by atoms with van der Waals surface area (Å²) in [6.45, 7) is 4.04. The molecule has 7 nitrogen and oxygen atoms in total. The molecule has 1 amide bonds. The largest absolute Gasteiger partial charge is 0.465 e. The Kier molecular flexibility index (Phi) is 7.27. The summed E-state index contributed by atoms with van der Waals surface area (Å²) in [4.78, 5) is 31.9. The van der Waals surface area contributed by atoms with Crippen LogP contribution < -0.4 is 10.2 Å². The van der Waals surface area contributed by atoms with E-state index in [4.69, 9.17) is 21.1 Å². The highest BCUT2D eigenvalue weighted by atomic mass is 35.5. The maximum atomic E-state index is 12.8. The third-order valence-corrected chi connectivity index (χ3v) is 6.81. The Labute approximate surface area is 201 Å². The van der Waals surface area contributed by atoms with E-state index < -0.39 is 0 Å². The van der Waals surface area contributed by atoms with Crippen LogP contribution in [0.2, 0.25) is 5.02 Å². The molecule has 2 heterocycles. The molecule has 1 N–H and O–H groups in total. The number of ether oxygens (including phenoxy) is 2. The smallest absolute Gasteiger partial charge is 0.337 e. The predicted octanol–water partition coefficient (Wildman–Crippen LogP) is 4.19. The van der Waals surface area contributed by atoms with Gasteiger partial charge in [-0.3, -0.25) is 4.79 Å². The highest BCUT2D eigenvalue weighted by molar-refractivity contribution is 7.17. The lowest BCUT2D eigenvalue weighted by Gasteiger charge is -2.34. The van der Waals surface area contributed by atoms with Gasteiger partial charge in [0, 0.05) is 35.9 Å². The van der Waals surface area contributed by atoms with E-state index in [1.165, 1.54) is 18.4 Å². The first-order valence-corrected chi connectivity index (χ1v) is 11.7. The fourth-order valence-electron chi connectivity index (χ4n) is 3.63. The number of carbonyl (C=O) groups is 2. The molecule has 1 unspecified atom stereocenters. The van der Waals surface area contributed by atoms with Crippen LogP contribution in [0.4, 0.5) is 5.69 Å². The van der Waals surface area contributed by atoms with Gasteiger partial charge in [0.15, 0.2) is 0 Å². The Hall–Kier alpha value is -2.94. The van der Waals surface area contributed by atoms with Gasteiger partial charge in [-0.05, 0) is 37.3 Å². The zero-order chi connectivity index (χ0) is 23.4. The topological polar surface area (TPSA) is 80.8 Å². The van der Waals surface area contributed by atoms with E-state index in [9.17, 15) is 9.59 Å². The van der Waals surface area contributed by atoms with Gasteiger partial charge >= 0.3 is 5.97 Å². The zero-order valence-corrected chi connectivity index (χ0v) is 19.9. The van der Waals surface area contributed by atoms with Crippen molar-refractivity contribution < 1.29 is 19.1 Å². The van der Waals surface area contributed by atoms with Gasteiger partial charge in [-0.2, -0.15) is 0 Å². The van der Waals surface area contributed by atoms with E-state index in [1.54, 1.807) is 18.2 Å². The quantitative estimate of drug-likeness (QED) is 0.527. The van der Waals surface area contributed by atoms with Crippen molar-refractivity contribution >= 4 is 40.5 Å². The average Bonchev–Trinajstić information content (AvgIpc) is 3.24. The van der Waals surface area contributed by atoms with Crippen molar-refractivity contribution in [3.05, 3.63) is 69.7 Å². The van der Waals surface area contributed by atoms with Crippen LogP contribution in [-0.2, 0) is 9.47 Å². The molecular formula is C24H24ClN3O4S. The number of aromatic nitrogens is 1. The third-order valence-electron chi connectivity index (χ3n) is 5.36. The lowest BCUT2D eigenvalue weighted by atomic mass is 10.1. The molecule has 4 rings (SSSR count). The number of hydrogen-bond donors (Lipinski definition) is 1. The van der Waals surface area contributed by atoms with E-state index in [0.29, 0.717) is 47.4 Å². The molecule has 1 aromatic heterocycles. The van der Waals surface area contributed by atoms with Gasteiger partial charge in [0.05, 0.1) is 31.1 Å². The average molecular weight is 486 g/mol. The summed E-state index contributed by atoms with van der Waals surface area (Å²) < 4.78 is 10.7. The number of aryl methyl sites for hydroxylation is 1. The number of anilines is 1. The summed E-state index contributed by atoms with van der Waals surface area (Å²) in [6, 6.07) is 14.7. The number of rotatable bonds is 6. The van der Waals surface area contributed by atoms with Gasteiger partial charge in [-0.15, -0.1) is 11.3 Å². The maximum absolute atomic E-state index is 12.8. The van der Waals surface area contributed by atoms with Crippen molar-refractivity contribution in [1.29, 1.82) is 0 Å². The van der Waals surface area contributed by atoms with Gasteiger partial charge in [0.25, 0.3) is 5.91 Å². The molecule has 1 saturated heterocycles. The number of thiazole rings is 1. The molecule has 1 atom stereocenters.